The Morgan fingerprint density at radius 1 is 0.490 bits per heavy atom. The summed E-state index contributed by atoms with van der Waals surface area (Å²) >= 11 is 7.78. The third kappa shape index (κ3) is 7.90. The van der Waals surface area contributed by atoms with Crippen LogP contribution in [0.15, 0.2) is 47.5 Å². The van der Waals surface area contributed by atoms with Gasteiger partial charge in [-0.1, -0.05) is 0 Å². The fourth-order valence-electron chi connectivity index (χ4n) is 4.68. The van der Waals surface area contributed by atoms with Gasteiger partial charge in [0.05, 0.1) is 55.7 Å². The lowest BCUT2D eigenvalue weighted by molar-refractivity contribution is 0.342. The average molecular weight is 741 g/mol. The highest BCUT2D eigenvalue weighted by Gasteiger charge is 2.23. The zero-order valence-corrected chi connectivity index (χ0v) is 31.0. The van der Waals surface area contributed by atoms with Gasteiger partial charge < -0.3 is 18.9 Å². The van der Waals surface area contributed by atoms with Crippen LogP contribution in [0.4, 0.5) is 0 Å². The maximum Gasteiger partial charge on any atom is 0.139 e. The van der Waals surface area contributed by atoms with Crippen molar-refractivity contribution >= 4 is 68.8 Å². The van der Waals surface area contributed by atoms with Crippen LogP contribution in [-0.4, -0.2) is 26.4 Å². The lowest BCUT2D eigenvalue weighted by atomic mass is 10.2. The standard InChI is InChI=1S/C36H28N4O4S5/c1-5-41-25-13-23(11-21(17-37)18-38)45-35(25)31-15-27(43-7-3)33(48-31)29-9-10-30(47-29)34-28(44-8-4)16-32(49-34)36-26(42-6-2)14-24(46-36)12-22(19-39)20-40/h9-16H,5-8H2,1-4H3. The van der Waals surface area contributed by atoms with Crippen molar-refractivity contribution in [2.75, 3.05) is 26.4 Å². The van der Waals surface area contributed by atoms with Gasteiger partial charge in [-0.2, -0.15) is 21.0 Å². The summed E-state index contributed by atoms with van der Waals surface area (Å²) in [5.74, 6) is 2.92. The summed E-state index contributed by atoms with van der Waals surface area (Å²) in [6.07, 6.45) is 3.15. The van der Waals surface area contributed by atoms with Crippen LogP contribution < -0.4 is 18.9 Å². The SMILES string of the molecule is CCOc1cc(C=C(C#N)C#N)sc1-c1cc(OCC)c(-c2ccc(-c3sc(-c4sc(C=C(C#N)C#N)cc4OCC)cc3OCC)s2)s1. The number of hydrogen-bond donors (Lipinski definition) is 0. The highest BCUT2D eigenvalue weighted by atomic mass is 32.1. The van der Waals surface area contributed by atoms with Gasteiger partial charge in [0, 0.05) is 31.6 Å². The van der Waals surface area contributed by atoms with E-state index in [1.165, 1.54) is 22.7 Å². The Balaban J connectivity index is 1.55. The van der Waals surface area contributed by atoms with E-state index < -0.39 is 0 Å². The fourth-order valence-corrected chi connectivity index (χ4v) is 10.4. The molecule has 5 aromatic heterocycles. The van der Waals surface area contributed by atoms with Gasteiger partial charge in [-0.25, -0.2) is 0 Å². The molecule has 0 aliphatic carbocycles. The summed E-state index contributed by atoms with van der Waals surface area (Å²) in [4.78, 5) is 9.33. The highest BCUT2D eigenvalue weighted by Crippen LogP contribution is 2.53. The number of allylic oxidation sites excluding steroid dienone is 2. The third-order valence-corrected chi connectivity index (χ3v) is 12.8. The number of ether oxygens (including phenoxy) is 4. The largest absolute Gasteiger partial charge is 0.492 e. The van der Waals surface area contributed by atoms with Gasteiger partial charge in [-0.15, -0.1) is 56.7 Å². The Kier molecular flexibility index (Phi) is 11.9. The fraction of sp³-hybridized carbons (Fsp3) is 0.222. The summed E-state index contributed by atoms with van der Waals surface area (Å²) in [7, 11) is 0. The average Bonchev–Trinajstić information content (AvgIpc) is 3.94. The van der Waals surface area contributed by atoms with Gasteiger partial charge in [-0.3, -0.25) is 0 Å². The zero-order valence-electron chi connectivity index (χ0n) is 26.9. The number of nitriles is 4. The predicted octanol–water partition coefficient (Wildman–Crippen LogP) is 11.1. The van der Waals surface area contributed by atoms with Crippen LogP contribution >= 0.6 is 56.7 Å². The molecule has 0 bridgehead atoms. The molecule has 0 aromatic carbocycles. The van der Waals surface area contributed by atoms with E-state index >= 15 is 0 Å². The van der Waals surface area contributed by atoms with E-state index in [0.29, 0.717) is 37.9 Å². The molecule has 5 aromatic rings. The van der Waals surface area contributed by atoms with E-state index in [-0.39, 0.29) is 11.1 Å². The Bertz CT molecular complexity index is 2020. The van der Waals surface area contributed by atoms with Crippen molar-refractivity contribution in [2.45, 2.75) is 27.7 Å². The summed E-state index contributed by atoms with van der Waals surface area (Å²) in [6.45, 7) is 9.70. The molecule has 0 N–H and O–H groups in total. The minimum Gasteiger partial charge on any atom is -0.492 e. The summed E-state index contributed by atoms with van der Waals surface area (Å²) in [5, 5.41) is 37.1. The zero-order chi connectivity index (χ0) is 34.9. The van der Waals surface area contributed by atoms with Gasteiger partial charge in [0.1, 0.15) is 58.4 Å². The van der Waals surface area contributed by atoms with Crippen LogP contribution in [0.2, 0.25) is 0 Å². The quantitative estimate of drug-likeness (QED) is 0.103. The van der Waals surface area contributed by atoms with Crippen molar-refractivity contribution in [3.8, 4) is 86.3 Å². The Morgan fingerprint density at radius 2 is 0.816 bits per heavy atom. The molecule has 0 fully saturated rings. The minimum absolute atomic E-state index is 0.0320. The van der Waals surface area contributed by atoms with Crippen molar-refractivity contribution in [1.29, 1.82) is 21.0 Å². The first-order valence-corrected chi connectivity index (χ1v) is 19.2. The maximum atomic E-state index is 9.27. The molecule has 8 nitrogen and oxygen atoms in total. The van der Waals surface area contributed by atoms with Gasteiger partial charge in [0.25, 0.3) is 0 Å². The van der Waals surface area contributed by atoms with Crippen molar-refractivity contribution < 1.29 is 18.9 Å². The van der Waals surface area contributed by atoms with Crippen molar-refractivity contribution in [1.82, 2.24) is 0 Å². The highest BCUT2D eigenvalue weighted by molar-refractivity contribution is 7.30. The summed E-state index contributed by atoms with van der Waals surface area (Å²) < 4.78 is 24.2. The molecule has 0 aliphatic heterocycles. The monoisotopic (exact) mass is 740 g/mol. The van der Waals surface area contributed by atoms with E-state index in [2.05, 4.69) is 12.1 Å². The third-order valence-electron chi connectivity index (χ3n) is 6.59. The number of thiophene rings is 5. The molecular weight excluding hydrogens is 713 g/mol. The van der Waals surface area contributed by atoms with Gasteiger partial charge in [0.15, 0.2) is 0 Å². The topological polar surface area (TPSA) is 132 Å². The van der Waals surface area contributed by atoms with Crippen molar-refractivity contribution in [3.05, 3.63) is 57.3 Å². The number of rotatable bonds is 14. The van der Waals surface area contributed by atoms with E-state index in [1.54, 1.807) is 46.2 Å². The van der Waals surface area contributed by atoms with Gasteiger partial charge >= 0.3 is 0 Å². The number of nitrogens with zero attached hydrogens (tertiary/aromatic N) is 4. The first kappa shape index (κ1) is 35.4. The maximum absolute atomic E-state index is 9.27. The van der Waals surface area contributed by atoms with E-state index in [4.69, 9.17) is 18.9 Å². The summed E-state index contributed by atoms with van der Waals surface area (Å²) in [5.41, 5.74) is 0.0641. The van der Waals surface area contributed by atoms with Crippen molar-refractivity contribution in [2.24, 2.45) is 0 Å². The molecular formula is C36H28N4O4S5. The van der Waals surface area contributed by atoms with Crippen LogP contribution in [0, 0.1) is 45.3 Å². The molecule has 0 unspecified atom stereocenters. The molecule has 0 amide bonds. The summed E-state index contributed by atoms with van der Waals surface area (Å²) in [6, 6.07) is 19.7. The lowest BCUT2D eigenvalue weighted by Crippen LogP contribution is -1.91. The Morgan fingerprint density at radius 3 is 1.14 bits per heavy atom. The van der Waals surface area contributed by atoms with E-state index in [9.17, 15) is 21.0 Å². The van der Waals surface area contributed by atoms with E-state index in [1.807, 2.05) is 76.2 Å². The van der Waals surface area contributed by atoms with Crippen molar-refractivity contribution in [3.63, 3.8) is 0 Å². The molecule has 0 saturated carbocycles. The lowest BCUT2D eigenvalue weighted by Gasteiger charge is -2.03. The molecule has 0 radical (unpaired) electrons. The van der Waals surface area contributed by atoms with Gasteiger partial charge in [-0.05, 0) is 64.1 Å². The van der Waals surface area contributed by atoms with Crippen LogP contribution in [0.1, 0.15) is 37.4 Å². The second-order valence-electron chi connectivity index (χ2n) is 9.75. The van der Waals surface area contributed by atoms with Crippen LogP contribution in [0.5, 0.6) is 23.0 Å². The van der Waals surface area contributed by atoms with Crippen LogP contribution in [-0.2, 0) is 0 Å². The predicted molar refractivity (Wildman–Crippen MR) is 201 cm³/mol. The minimum atomic E-state index is 0.0320. The molecule has 5 heterocycles. The molecule has 0 aliphatic rings. The molecule has 0 spiro atoms. The molecule has 0 atom stereocenters. The Hall–Kier alpha value is -4.86. The molecule has 0 saturated heterocycles. The van der Waals surface area contributed by atoms with Gasteiger partial charge in [0.2, 0.25) is 0 Å². The smallest absolute Gasteiger partial charge is 0.139 e. The number of hydrogen-bond acceptors (Lipinski definition) is 13. The molecule has 13 heteroatoms. The second-order valence-corrected chi connectivity index (χ2v) is 15.1. The van der Waals surface area contributed by atoms with Crippen LogP contribution in [0.3, 0.4) is 0 Å². The normalized spacial score (nSPS) is 10.3. The first-order valence-electron chi connectivity index (χ1n) is 15.1. The second kappa shape index (κ2) is 16.5. The molecule has 49 heavy (non-hydrogen) atoms. The van der Waals surface area contributed by atoms with E-state index in [0.717, 1.165) is 60.3 Å². The van der Waals surface area contributed by atoms with Crippen LogP contribution in [0.25, 0.3) is 51.2 Å². The Labute approximate surface area is 304 Å². The first-order chi connectivity index (χ1) is 23.9. The molecule has 5 rings (SSSR count). The molecule has 246 valence electrons.